The fraction of sp³-hybridized carbons (Fsp3) is 0.280. The van der Waals surface area contributed by atoms with Gasteiger partial charge < -0.3 is 19.3 Å². The van der Waals surface area contributed by atoms with Crippen LogP contribution in [0.5, 0.6) is 11.5 Å². The number of thioether (sulfide) groups is 1. The van der Waals surface area contributed by atoms with Crippen LogP contribution in [0.25, 0.3) is 6.08 Å². The number of carbonyl (C=O) groups excluding carboxylic acids is 2. The summed E-state index contributed by atoms with van der Waals surface area (Å²) in [5, 5.41) is 9.57. The molecule has 11 heteroatoms. The Labute approximate surface area is 221 Å². The monoisotopic (exact) mass is 576 g/mol. The second kappa shape index (κ2) is 12.6. The fourth-order valence-electron chi connectivity index (χ4n) is 3.22. The average Bonchev–Trinajstić information content (AvgIpc) is 3.12. The Morgan fingerprint density at radius 1 is 1.11 bits per heavy atom. The Morgan fingerprint density at radius 3 is 2.44 bits per heavy atom. The number of carboxylic acid groups (broad SMARTS) is 1. The van der Waals surface area contributed by atoms with Gasteiger partial charge >= 0.3 is 11.9 Å². The van der Waals surface area contributed by atoms with Crippen molar-refractivity contribution < 1.29 is 33.7 Å². The van der Waals surface area contributed by atoms with E-state index in [0.717, 1.165) is 0 Å². The summed E-state index contributed by atoms with van der Waals surface area (Å²) in [5.74, 6) is -0.928. The average molecular weight is 577 g/mol. The molecule has 2 aromatic rings. The molecule has 1 saturated heterocycles. The van der Waals surface area contributed by atoms with Gasteiger partial charge in [-0.1, -0.05) is 0 Å². The van der Waals surface area contributed by atoms with Crippen molar-refractivity contribution in [3.63, 3.8) is 0 Å². The Balaban J connectivity index is 1.89. The minimum absolute atomic E-state index is 0.160. The lowest BCUT2D eigenvalue weighted by molar-refractivity contribution is -0.145. The minimum Gasteiger partial charge on any atom is -0.490 e. The third-order valence-electron chi connectivity index (χ3n) is 4.81. The molecular formula is C25H25BrN2O7S. The maximum atomic E-state index is 13.0. The van der Waals surface area contributed by atoms with Crippen LogP contribution in [0.1, 0.15) is 36.7 Å². The summed E-state index contributed by atoms with van der Waals surface area (Å²) in [5.41, 5.74) is 1.39. The van der Waals surface area contributed by atoms with Crippen LogP contribution in [0.3, 0.4) is 0 Å². The van der Waals surface area contributed by atoms with Gasteiger partial charge in [-0.2, -0.15) is 0 Å². The number of aliphatic imine (C=N–C) groups is 1. The van der Waals surface area contributed by atoms with E-state index in [-0.39, 0.29) is 24.7 Å². The Morgan fingerprint density at radius 2 is 1.83 bits per heavy atom. The third kappa shape index (κ3) is 6.67. The van der Waals surface area contributed by atoms with Crippen molar-refractivity contribution in [1.29, 1.82) is 0 Å². The number of carbonyl (C=O) groups is 3. The molecule has 1 fully saturated rings. The number of nitrogens with zero attached hydrogens (tertiary/aromatic N) is 2. The molecule has 9 nitrogen and oxygen atoms in total. The van der Waals surface area contributed by atoms with E-state index in [9.17, 15) is 14.4 Å². The van der Waals surface area contributed by atoms with Gasteiger partial charge in [-0.15, -0.1) is 0 Å². The van der Waals surface area contributed by atoms with Gasteiger partial charge in [0, 0.05) is 6.54 Å². The van der Waals surface area contributed by atoms with Crippen LogP contribution in [0.2, 0.25) is 0 Å². The lowest BCUT2D eigenvalue weighted by atomic mass is 10.2. The van der Waals surface area contributed by atoms with Gasteiger partial charge in [-0.25, -0.2) is 14.6 Å². The third-order valence-corrected chi connectivity index (χ3v) is 6.41. The number of ether oxygens (including phenoxy) is 3. The molecule has 0 bridgehead atoms. The summed E-state index contributed by atoms with van der Waals surface area (Å²) in [7, 11) is 0. The molecule has 1 aliphatic rings. The highest BCUT2D eigenvalue weighted by molar-refractivity contribution is 9.10. The second-order valence-corrected chi connectivity index (χ2v) is 9.13. The number of esters is 1. The molecule has 190 valence electrons. The first-order valence-corrected chi connectivity index (χ1v) is 12.8. The molecule has 0 radical (unpaired) electrons. The van der Waals surface area contributed by atoms with Crippen LogP contribution >= 0.6 is 27.7 Å². The molecule has 0 atom stereocenters. The Kier molecular flexibility index (Phi) is 9.54. The van der Waals surface area contributed by atoms with E-state index in [1.807, 2.05) is 13.8 Å². The predicted molar refractivity (Wildman–Crippen MR) is 141 cm³/mol. The van der Waals surface area contributed by atoms with E-state index in [1.54, 1.807) is 42.2 Å². The fourth-order valence-corrected chi connectivity index (χ4v) is 4.86. The van der Waals surface area contributed by atoms with E-state index in [4.69, 9.17) is 19.3 Å². The van der Waals surface area contributed by atoms with Crippen molar-refractivity contribution in [2.75, 3.05) is 26.4 Å². The quantitative estimate of drug-likeness (QED) is 0.306. The van der Waals surface area contributed by atoms with Crippen molar-refractivity contribution in [3.05, 3.63) is 56.9 Å². The molecule has 0 aliphatic carbocycles. The van der Waals surface area contributed by atoms with E-state index < -0.39 is 11.9 Å². The Bertz CT molecular complexity index is 1210. The number of rotatable bonds is 10. The number of benzene rings is 2. The summed E-state index contributed by atoms with van der Waals surface area (Å²) < 4.78 is 16.8. The molecule has 0 saturated carbocycles. The van der Waals surface area contributed by atoms with E-state index in [1.165, 1.54) is 23.9 Å². The molecule has 1 heterocycles. The zero-order valence-electron chi connectivity index (χ0n) is 19.9. The van der Waals surface area contributed by atoms with Gasteiger partial charge in [0.15, 0.2) is 23.3 Å². The van der Waals surface area contributed by atoms with E-state index in [0.29, 0.717) is 50.4 Å². The van der Waals surface area contributed by atoms with Gasteiger partial charge in [0.25, 0.3) is 5.91 Å². The first-order valence-electron chi connectivity index (χ1n) is 11.2. The van der Waals surface area contributed by atoms with Gasteiger partial charge in [-0.3, -0.25) is 9.69 Å². The number of likely N-dealkylation sites (N-methyl/N-ethyl adjacent to an activating group) is 1. The first kappa shape index (κ1) is 27.3. The topological polar surface area (TPSA) is 115 Å². The summed E-state index contributed by atoms with van der Waals surface area (Å²) >= 11 is 4.69. The number of hydrogen-bond donors (Lipinski definition) is 1. The number of carboxylic acids is 1. The zero-order valence-corrected chi connectivity index (χ0v) is 22.3. The van der Waals surface area contributed by atoms with Crippen molar-refractivity contribution in [3.8, 4) is 11.5 Å². The lowest BCUT2D eigenvalue weighted by Crippen LogP contribution is -2.28. The molecule has 1 amide bonds. The SMILES string of the molecule is CCOC(=O)COc1c(Br)cc(/C=C2/SC(=Nc3ccc(C(=O)O)cc3)N(CC)C2=O)cc1OCC. The highest BCUT2D eigenvalue weighted by Gasteiger charge is 2.32. The van der Waals surface area contributed by atoms with Crippen LogP contribution in [0, 0.1) is 0 Å². The standard InChI is InChI=1S/C25H25BrN2O7S/c1-4-28-23(30)20(36-25(28)27-17-9-7-16(8-10-17)24(31)32)13-15-11-18(26)22(19(12-15)33-5-2)35-14-21(29)34-6-3/h7-13H,4-6,14H2,1-3H3,(H,31,32)/b20-13+,27-25?. The predicted octanol–water partition coefficient (Wildman–Crippen LogP) is 5.11. The van der Waals surface area contributed by atoms with Gasteiger partial charge in [-0.05, 0) is 96.5 Å². The molecular weight excluding hydrogens is 552 g/mol. The van der Waals surface area contributed by atoms with Crippen LogP contribution in [0.15, 0.2) is 50.8 Å². The van der Waals surface area contributed by atoms with Crippen LogP contribution in [-0.4, -0.2) is 59.4 Å². The summed E-state index contributed by atoms with van der Waals surface area (Å²) in [6.07, 6.45) is 1.73. The number of hydrogen-bond acceptors (Lipinski definition) is 8. The summed E-state index contributed by atoms with van der Waals surface area (Å²) in [6, 6.07) is 9.61. The van der Waals surface area contributed by atoms with E-state index in [2.05, 4.69) is 20.9 Å². The maximum absolute atomic E-state index is 13.0. The lowest BCUT2D eigenvalue weighted by Gasteiger charge is -2.14. The highest BCUT2D eigenvalue weighted by atomic mass is 79.9. The maximum Gasteiger partial charge on any atom is 0.344 e. The van der Waals surface area contributed by atoms with Gasteiger partial charge in [0.1, 0.15) is 0 Å². The zero-order chi connectivity index (χ0) is 26.2. The number of amides is 1. The number of amidine groups is 1. The Hall–Kier alpha value is -3.31. The normalized spacial score (nSPS) is 15.4. The van der Waals surface area contributed by atoms with Crippen molar-refractivity contribution in [2.45, 2.75) is 20.8 Å². The summed E-state index contributed by atoms with van der Waals surface area (Å²) in [4.78, 5) is 42.4. The number of halogens is 1. The molecule has 2 aromatic carbocycles. The smallest absolute Gasteiger partial charge is 0.344 e. The van der Waals surface area contributed by atoms with E-state index >= 15 is 0 Å². The largest absolute Gasteiger partial charge is 0.490 e. The van der Waals surface area contributed by atoms with Crippen molar-refractivity contribution >= 4 is 62.5 Å². The van der Waals surface area contributed by atoms with Crippen molar-refractivity contribution in [1.82, 2.24) is 4.90 Å². The summed E-state index contributed by atoms with van der Waals surface area (Å²) in [6.45, 7) is 6.18. The molecule has 0 spiro atoms. The molecule has 1 N–H and O–H groups in total. The molecule has 0 aromatic heterocycles. The van der Waals surface area contributed by atoms with Crippen LogP contribution in [-0.2, 0) is 14.3 Å². The van der Waals surface area contributed by atoms with Crippen LogP contribution < -0.4 is 9.47 Å². The van der Waals surface area contributed by atoms with Gasteiger partial charge in [0.2, 0.25) is 0 Å². The first-order chi connectivity index (χ1) is 17.3. The molecule has 3 rings (SSSR count). The van der Waals surface area contributed by atoms with Crippen molar-refractivity contribution in [2.24, 2.45) is 4.99 Å². The molecule has 36 heavy (non-hydrogen) atoms. The van der Waals surface area contributed by atoms with Crippen LogP contribution in [0.4, 0.5) is 5.69 Å². The highest BCUT2D eigenvalue weighted by Crippen LogP contribution is 2.39. The second-order valence-electron chi connectivity index (χ2n) is 7.26. The number of aromatic carboxylic acids is 1. The molecule has 0 unspecified atom stereocenters. The van der Waals surface area contributed by atoms with Gasteiger partial charge in [0.05, 0.1) is 33.8 Å². The molecule has 1 aliphatic heterocycles. The minimum atomic E-state index is -1.02.